The molecule has 1 heterocycles. The summed E-state index contributed by atoms with van der Waals surface area (Å²) in [6.07, 6.45) is 1.65. The van der Waals surface area contributed by atoms with E-state index in [9.17, 15) is 8.42 Å². The van der Waals surface area contributed by atoms with Crippen LogP contribution >= 0.6 is 0 Å². The first-order chi connectivity index (χ1) is 11.5. The lowest BCUT2D eigenvalue weighted by Gasteiger charge is -2.10. The van der Waals surface area contributed by atoms with Gasteiger partial charge in [0, 0.05) is 17.8 Å². The van der Waals surface area contributed by atoms with Gasteiger partial charge in [0.25, 0.3) is 10.0 Å². The zero-order valence-corrected chi connectivity index (χ0v) is 14.3. The lowest BCUT2D eigenvalue weighted by Crippen LogP contribution is -2.13. The van der Waals surface area contributed by atoms with E-state index < -0.39 is 10.0 Å². The molecule has 1 aromatic heterocycles. The molecule has 3 aromatic rings. The summed E-state index contributed by atoms with van der Waals surface area (Å²) < 4.78 is 29.5. The molecule has 24 heavy (non-hydrogen) atoms. The Kier molecular flexibility index (Phi) is 4.35. The van der Waals surface area contributed by atoms with Gasteiger partial charge >= 0.3 is 0 Å². The summed E-state index contributed by atoms with van der Waals surface area (Å²) in [5.74, 6) is 0.703. The molecule has 0 spiro atoms. The molecule has 0 fully saturated rings. The van der Waals surface area contributed by atoms with E-state index in [2.05, 4.69) is 14.9 Å². The highest BCUT2D eigenvalue weighted by atomic mass is 32.2. The molecule has 0 aliphatic heterocycles. The van der Waals surface area contributed by atoms with Gasteiger partial charge in [-0.2, -0.15) is 0 Å². The number of benzene rings is 2. The molecule has 0 aliphatic rings. The number of nitrogens with zero attached hydrogens (tertiary/aromatic N) is 3. The van der Waals surface area contributed by atoms with E-state index in [0.717, 1.165) is 17.7 Å². The molecule has 2 aromatic carbocycles. The summed E-state index contributed by atoms with van der Waals surface area (Å²) in [7, 11) is -3.62. The van der Waals surface area contributed by atoms with Gasteiger partial charge in [-0.15, -0.1) is 10.2 Å². The van der Waals surface area contributed by atoms with Gasteiger partial charge < -0.3 is 4.57 Å². The molecule has 0 saturated heterocycles. The van der Waals surface area contributed by atoms with Crippen molar-refractivity contribution in [3.63, 3.8) is 0 Å². The molecular weight excluding hydrogens is 324 g/mol. The Morgan fingerprint density at radius 1 is 1.12 bits per heavy atom. The first kappa shape index (κ1) is 16.2. The predicted molar refractivity (Wildman–Crippen MR) is 93.1 cm³/mol. The summed E-state index contributed by atoms with van der Waals surface area (Å²) in [6, 6.07) is 13.9. The first-order valence-electron chi connectivity index (χ1n) is 7.57. The van der Waals surface area contributed by atoms with Gasteiger partial charge in [0.05, 0.1) is 4.90 Å². The summed E-state index contributed by atoms with van der Waals surface area (Å²) >= 11 is 0. The van der Waals surface area contributed by atoms with Crippen LogP contribution in [-0.2, 0) is 16.6 Å². The number of sulfonamides is 1. The Balaban J connectivity index is 1.91. The average Bonchev–Trinajstić information content (AvgIpc) is 3.04. The van der Waals surface area contributed by atoms with Gasteiger partial charge in [-0.1, -0.05) is 29.8 Å². The first-order valence-corrected chi connectivity index (χ1v) is 9.05. The molecule has 0 atom stereocenters. The highest BCUT2D eigenvalue weighted by Crippen LogP contribution is 2.23. The van der Waals surface area contributed by atoms with E-state index in [1.54, 1.807) is 48.8 Å². The summed E-state index contributed by atoms with van der Waals surface area (Å²) in [6.45, 7) is 4.65. The minimum Gasteiger partial charge on any atom is -0.314 e. The van der Waals surface area contributed by atoms with Crippen LogP contribution in [0.2, 0.25) is 0 Å². The van der Waals surface area contributed by atoms with Crippen LogP contribution in [-0.4, -0.2) is 23.2 Å². The highest BCUT2D eigenvalue weighted by molar-refractivity contribution is 7.92. The lowest BCUT2D eigenvalue weighted by molar-refractivity contribution is 0.601. The van der Waals surface area contributed by atoms with Gasteiger partial charge in [-0.3, -0.25) is 4.72 Å². The van der Waals surface area contributed by atoms with Crippen LogP contribution in [0, 0.1) is 6.92 Å². The quantitative estimate of drug-likeness (QED) is 0.773. The van der Waals surface area contributed by atoms with Crippen molar-refractivity contribution in [1.82, 2.24) is 14.8 Å². The topological polar surface area (TPSA) is 76.9 Å². The van der Waals surface area contributed by atoms with Gasteiger partial charge in [-0.05, 0) is 38.1 Å². The van der Waals surface area contributed by atoms with E-state index in [0.29, 0.717) is 11.5 Å². The fourth-order valence-electron chi connectivity index (χ4n) is 2.36. The molecule has 0 unspecified atom stereocenters. The maximum absolute atomic E-state index is 12.5. The van der Waals surface area contributed by atoms with E-state index in [1.165, 1.54) is 0 Å². The molecule has 0 aliphatic carbocycles. The van der Waals surface area contributed by atoms with Gasteiger partial charge in [0.15, 0.2) is 5.82 Å². The minimum atomic E-state index is -3.62. The maximum Gasteiger partial charge on any atom is 0.261 e. The largest absolute Gasteiger partial charge is 0.314 e. The fourth-order valence-corrected chi connectivity index (χ4v) is 3.41. The molecule has 124 valence electrons. The van der Waals surface area contributed by atoms with Crippen molar-refractivity contribution in [3.8, 4) is 11.4 Å². The third kappa shape index (κ3) is 3.30. The Morgan fingerprint density at radius 2 is 1.88 bits per heavy atom. The lowest BCUT2D eigenvalue weighted by atomic mass is 10.2. The number of hydrogen-bond donors (Lipinski definition) is 1. The summed E-state index contributed by atoms with van der Waals surface area (Å²) in [5, 5.41) is 8.00. The Labute approximate surface area is 141 Å². The van der Waals surface area contributed by atoms with E-state index in [-0.39, 0.29) is 4.90 Å². The normalized spacial score (nSPS) is 11.4. The number of aryl methyl sites for hydroxylation is 2. The maximum atomic E-state index is 12.5. The van der Waals surface area contributed by atoms with E-state index >= 15 is 0 Å². The molecule has 0 saturated carbocycles. The molecule has 0 bridgehead atoms. The Hall–Kier alpha value is -2.67. The molecular formula is C17H18N4O2S. The van der Waals surface area contributed by atoms with Gasteiger partial charge in [-0.25, -0.2) is 8.42 Å². The van der Waals surface area contributed by atoms with Crippen LogP contribution < -0.4 is 4.72 Å². The van der Waals surface area contributed by atoms with Crippen molar-refractivity contribution in [2.75, 3.05) is 4.72 Å². The van der Waals surface area contributed by atoms with Crippen LogP contribution in [0.15, 0.2) is 59.8 Å². The monoisotopic (exact) mass is 342 g/mol. The second-order valence-electron chi connectivity index (χ2n) is 5.44. The number of nitrogens with one attached hydrogen (secondary N) is 1. The molecule has 3 rings (SSSR count). The van der Waals surface area contributed by atoms with Crippen molar-refractivity contribution in [1.29, 1.82) is 0 Å². The van der Waals surface area contributed by atoms with Crippen LogP contribution in [0.3, 0.4) is 0 Å². The van der Waals surface area contributed by atoms with Crippen LogP contribution in [0.5, 0.6) is 0 Å². The van der Waals surface area contributed by atoms with E-state index in [4.69, 9.17) is 0 Å². The van der Waals surface area contributed by atoms with Crippen LogP contribution in [0.25, 0.3) is 11.4 Å². The number of aromatic nitrogens is 3. The third-order valence-electron chi connectivity index (χ3n) is 3.66. The Morgan fingerprint density at radius 3 is 2.58 bits per heavy atom. The zero-order chi connectivity index (χ0) is 17.2. The minimum absolute atomic E-state index is 0.232. The molecule has 0 radical (unpaired) electrons. The van der Waals surface area contributed by atoms with Crippen LogP contribution in [0.4, 0.5) is 5.69 Å². The second-order valence-corrected chi connectivity index (χ2v) is 7.12. The van der Waals surface area contributed by atoms with Crippen LogP contribution in [0.1, 0.15) is 12.5 Å². The Bertz CT molecular complexity index is 947. The number of rotatable bonds is 5. The number of hydrogen-bond acceptors (Lipinski definition) is 4. The molecule has 0 amide bonds. The average molecular weight is 342 g/mol. The van der Waals surface area contributed by atoms with E-state index in [1.807, 2.05) is 24.5 Å². The van der Waals surface area contributed by atoms with Crippen molar-refractivity contribution in [2.45, 2.75) is 25.3 Å². The molecule has 1 N–H and O–H groups in total. The smallest absolute Gasteiger partial charge is 0.261 e. The van der Waals surface area contributed by atoms with Crippen molar-refractivity contribution < 1.29 is 8.42 Å². The zero-order valence-electron chi connectivity index (χ0n) is 13.5. The molecule has 6 nitrogen and oxygen atoms in total. The standard InChI is InChI=1S/C17H18N4O2S/c1-3-21-12-18-19-17(21)14-5-4-6-15(11-14)20-24(22,23)16-9-7-13(2)8-10-16/h4-12,20H,3H2,1-2H3. The predicted octanol–water partition coefficient (Wildman–Crippen LogP) is 3.07. The number of anilines is 1. The summed E-state index contributed by atoms with van der Waals surface area (Å²) in [4.78, 5) is 0.232. The van der Waals surface area contributed by atoms with Gasteiger partial charge in [0.2, 0.25) is 0 Å². The molecule has 7 heteroatoms. The third-order valence-corrected chi connectivity index (χ3v) is 5.06. The SMILES string of the molecule is CCn1cnnc1-c1cccc(NS(=O)(=O)c2ccc(C)cc2)c1. The van der Waals surface area contributed by atoms with Gasteiger partial charge in [0.1, 0.15) is 6.33 Å². The van der Waals surface area contributed by atoms with Crippen molar-refractivity contribution in [2.24, 2.45) is 0 Å². The van der Waals surface area contributed by atoms with Crippen molar-refractivity contribution in [3.05, 3.63) is 60.4 Å². The highest BCUT2D eigenvalue weighted by Gasteiger charge is 2.15. The second kappa shape index (κ2) is 6.45. The fraction of sp³-hybridized carbons (Fsp3) is 0.176. The van der Waals surface area contributed by atoms with Crippen molar-refractivity contribution >= 4 is 15.7 Å². The summed E-state index contributed by atoms with van der Waals surface area (Å²) in [5.41, 5.74) is 2.30.